The molecule has 0 aliphatic carbocycles. The van der Waals surface area contributed by atoms with Gasteiger partial charge in [-0.15, -0.1) is 0 Å². The smallest absolute Gasteiger partial charge is 0.306 e. The Morgan fingerprint density at radius 2 is 2.33 bits per heavy atom. The Labute approximate surface area is 102 Å². The van der Waals surface area contributed by atoms with Gasteiger partial charge in [-0.1, -0.05) is 18.2 Å². The number of benzene rings is 1. The Hall–Kier alpha value is -0.840. The van der Waals surface area contributed by atoms with Crippen molar-refractivity contribution in [2.75, 3.05) is 0 Å². The van der Waals surface area contributed by atoms with Gasteiger partial charge < -0.3 is 4.74 Å². The minimum absolute atomic E-state index is 0.0321. The van der Waals surface area contributed by atoms with Crippen molar-refractivity contribution in [1.82, 2.24) is 0 Å². The number of carbonyl (C=O) groups is 1. The second-order valence-electron chi connectivity index (χ2n) is 3.48. The molecule has 1 aromatic carbocycles. The lowest BCUT2D eigenvalue weighted by atomic mass is 10.1. The number of rotatable bonds is 2. The molecule has 1 heterocycles. The van der Waals surface area contributed by atoms with Crippen molar-refractivity contribution in [3.05, 3.63) is 39.5 Å². The van der Waals surface area contributed by atoms with Crippen LogP contribution < -0.4 is 0 Å². The number of carbonyl (C=O) groups excluding carboxylic acids is 1. The molecular formula is C12H11IO2. The monoisotopic (exact) mass is 314 g/mol. The number of hydrogen-bond donors (Lipinski definition) is 0. The maximum atomic E-state index is 10.9. The van der Waals surface area contributed by atoms with Gasteiger partial charge in [0, 0.05) is 9.99 Å². The molecule has 1 aliphatic rings. The van der Waals surface area contributed by atoms with E-state index in [2.05, 4.69) is 28.7 Å². The normalized spacial score (nSPS) is 20.9. The summed E-state index contributed by atoms with van der Waals surface area (Å²) in [4.78, 5) is 10.9. The molecule has 2 nitrogen and oxygen atoms in total. The molecule has 2 rings (SSSR count). The van der Waals surface area contributed by atoms with Crippen molar-refractivity contribution < 1.29 is 9.53 Å². The lowest BCUT2D eigenvalue weighted by Crippen LogP contribution is -2.01. The summed E-state index contributed by atoms with van der Waals surface area (Å²) >= 11 is 2.28. The van der Waals surface area contributed by atoms with Gasteiger partial charge in [0.15, 0.2) is 0 Å². The fourth-order valence-corrected chi connectivity index (χ4v) is 2.08. The largest absolute Gasteiger partial charge is 0.458 e. The van der Waals surface area contributed by atoms with Gasteiger partial charge in [0.25, 0.3) is 0 Å². The Balaban J connectivity index is 2.02. The molecule has 1 aliphatic heterocycles. The maximum Gasteiger partial charge on any atom is 0.306 e. The molecule has 1 saturated heterocycles. The third kappa shape index (κ3) is 3.06. The molecule has 0 amide bonds. The second-order valence-corrected chi connectivity index (χ2v) is 4.73. The fourth-order valence-electron chi connectivity index (χ4n) is 1.51. The van der Waals surface area contributed by atoms with E-state index in [1.165, 1.54) is 3.57 Å². The van der Waals surface area contributed by atoms with Crippen LogP contribution in [0.1, 0.15) is 18.4 Å². The van der Waals surface area contributed by atoms with Crippen LogP contribution in [0.25, 0.3) is 6.08 Å². The summed E-state index contributed by atoms with van der Waals surface area (Å²) in [7, 11) is 0. The van der Waals surface area contributed by atoms with Crippen molar-refractivity contribution >= 4 is 34.6 Å². The molecule has 0 spiro atoms. The minimum Gasteiger partial charge on any atom is -0.458 e. The first-order valence-corrected chi connectivity index (χ1v) is 5.95. The van der Waals surface area contributed by atoms with E-state index in [0.717, 1.165) is 12.0 Å². The number of esters is 1. The summed E-state index contributed by atoms with van der Waals surface area (Å²) in [6, 6.07) is 8.19. The average Bonchev–Trinajstić information content (AvgIpc) is 2.62. The second kappa shape index (κ2) is 4.79. The highest BCUT2D eigenvalue weighted by atomic mass is 127. The van der Waals surface area contributed by atoms with Gasteiger partial charge in [-0.2, -0.15) is 0 Å². The summed E-state index contributed by atoms with van der Waals surface area (Å²) in [6.07, 6.45) is 5.28. The fraction of sp³-hybridized carbons (Fsp3) is 0.250. The summed E-state index contributed by atoms with van der Waals surface area (Å²) in [5.74, 6) is -0.0905. The maximum absolute atomic E-state index is 10.9. The van der Waals surface area contributed by atoms with Crippen LogP contribution >= 0.6 is 22.6 Å². The van der Waals surface area contributed by atoms with Crippen LogP contribution in [0.4, 0.5) is 0 Å². The highest BCUT2D eigenvalue weighted by Crippen LogP contribution is 2.16. The van der Waals surface area contributed by atoms with E-state index in [1.54, 1.807) is 0 Å². The van der Waals surface area contributed by atoms with Crippen LogP contribution in [0, 0.1) is 3.57 Å². The Morgan fingerprint density at radius 1 is 1.47 bits per heavy atom. The van der Waals surface area contributed by atoms with E-state index in [0.29, 0.717) is 6.42 Å². The lowest BCUT2D eigenvalue weighted by molar-refractivity contribution is -0.139. The number of cyclic esters (lactones) is 1. The molecule has 0 bridgehead atoms. The zero-order valence-electron chi connectivity index (χ0n) is 8.15. The van der Waals surface area contributed by atoms with Gasteiger partial charge >= 0.3 is 5.97 Å². The van der Waals surface area contributed by atoms with Crippen molar-refractivity contribution in [3.8, 4) is 0 Å². The molecule has 1 aromatic rings. The molecule has 15 heavy (non-hydrogen) atoms. The van der Waals surface area contributed by atoms with Gasteiger partial charge in [-0.25, -0.2) is 0 Å². The van der Waals surface area contributed by atoms with Crippen molar-refractivity contribution in [3.63, 3.8) is 0 Å². The van der Waals surface area contributed by atoms with Gasteiger partial charge in [0.2, 0.25) is 0 Å². The van der Waals surface area contributed by atoms with Crippen LogP contribution in [-0.2, 0) is 9.53 Å². The SMILES string of the molecule is O=C1CC[C@@H](/C=C/c2cccc(I)c2)O1. The molecule has 3 heteroatoms. The van der Waals surface area contributed by atoms with E-state index in [4.69, 9.17) is 4.74 Å². The van der Waals surface area contributed by atoms with E-state index in [-0.39, 0.29) is 12.1 Å². The van der Waals surface area contributed by atoms with Crippen molar-refractivity contribution in [2.45, 2.75) is 18.9 Å². The number of ether oxygens (including phenoxy) is 1. The average molecular weight is 314 g/mol. The number of halogens is 1. The Kier molecular flexibility index (Phi) is 3.41. The first-order chi connectivity index (χ1) is 7.24. The Bertz CT molecular complexity index is 398. The molecule has 78 valence electrons. The topological polar surface area (TPSA) is 26.3 Å². The molecule has 0 aromatic heterocycles. The van der Waals surface area contributed by atoms with Crippen LogP contribution in [0.15, 0.2) is 30.3 Å². The zero-order valence-corrected chi connectivity index (χ0v) is 10.3. The van der Waals surface area contributed by atoms with E-state index in [1.807, 2.05) is 30.4 Å². The Morgan fingerprint density at radius 3 is 3.00 bits per heavy atom. The van der Waals surface area contributed by atoms with Gasteiger partial charge in [0.05, 0.1) is 0 Å². The summed E-state index contributed by atoms with van der Waals surface area (Å²) < 4.78 is 6.29. The predicted octanol–water partition coefficient (Wildman–Crippen LogP) is 3.01. The highest BCUT2D eigenvalue weighted by Gasteiger charge is 2.20. The highest BCUT2D eigenvalue weighted by molar-refractivity contribution is 14.1. The van der Waals surface area contributed by atoms with E-state index < -0.39 is 0 Å². The van der Waals surface area contributed by atoms with Gasteiger partial charge in [-0.05, 0) is 52.8 Å². The quantitative estimate of drug-likeness (QED) is 0.620. The van der Waals surface area contributed by atoms with Crippen LogP contribution in [-0.4, -0.2) is 12.1 Å². The van der Waals surface area contributed by atoms with E-state index in [9.17, 15) is 4.79 Å². The van der Waals surface area contributed by atoms with Crippen molar-refractivity contribution in [2.24, 2.45) is 0 Å². The minimum atomic E-state index is -0.0905. The summed E-state index contributed by atoms with van der Waals surface area (Å²) in [5, 5.41) is 0. The van der Waals surface area contributed by atoms with Crippen LogP contribution in [0.5, 0.6) is 0 Å². The van der Waals surface area contributed by atoms with Crippen LogP contribution in [0.2, 0.25) is 0 Å². The third-order valence-corrected chi connectivity index (χ3v) is 2.94. The summed E-state index contributed by atoms with van der Waals surface area (Å²) in [5.41, 5.74) is 1.14. The molecule has 0 radical (unpaired) electrons. The van der Waals surface area contributed by atoms with Gasteiger partial charge in [-0.3, -0.25) is 4.79 Å². The predicted molar refractivity (Wildman–Crippen MR) is 67.3 cm³/mol. The molecule has 1 fully saturated rings. The standard InChI is InChI=1S/C12H11IO2/c13-10-3-1-2-9(8-10)4-5-11-6-7-12(14)15-11/h1-5,8,11H,6-7H2/b5-4+/t11-/m1/s1. The summed E-state index contributed by atoms with van der Waals surface area (Å²) in [6.45, 7) is 0. The first-order valence-electron chi connectivity index (χ1n) is 4.87. The molecular weight excluding hydrogens is 303 g/mol. The molecule has 0 N–H and O–H groups in total. The molecule has 0 saturated carbocycles. The van der Waals surface area contributed by atoms with E-state index >= 15 is 0 Å². The number of hydrogen-bond acceptors (Lipinski definition) is 2. The first kappa shape index (κ1) is 10.7. The zero-order chi connectivity index (χ0) is 10.7. The third-order valence-electron chi connectivity index (χ3n) is 2.27. The molecule has 0 unspecified atom stereocenters. The lowest BCUT2D eigenvalue weighted by Gasteiger charge is -2.01. The van der Waals surface area contributed by atoms with Crippen LogP contribution in [0.3, 0.4) is 0 Å². The molecule has 1 atom stereocenters. The van der Waals surface area contributed by atoms with Gasteiger partial charge in [0.1, 0.15) is 6.10 Å². The van der Waals surface area contributed by atoms with Crippen molar-refractivity contribution in [1.29, 1.82) is 0 Å².